The van der Waals surface area contributed by atoms with Crippen molar-refractivity contribution in [2.24, 2.45) is 0 Å². The fraction of sp³-hybridized carbons (Fsp3) is 0.467. The molecule has 1 atom stereocenters. The number of unbranched alkanes of at least 4 members (excludes halogenated alkanes) is 3. The molecule has 2 N–H and O–H groups in total. The minimum absolute atomic E-state index is 0.168. The van der Waals surface area contributed by atoms with Crippen LogP contribution in [0.15, 0.2) is 47.5 Å². The summed E-state index contributed by atoms with van der Waals surface area (Å²) in [6.07, 6.45) is 10.3. The molecule has 0 aliphatic carbocycles. The lowest BCUT2D eigenvalue weighted by Crippen LogP contribution is -2.17. The van der Waals surface area contributed by atoms with Crippen molar-refractivity contribution >= 4 is 21.2 Å². The van der Waals surface area contributed by atoms with Gasteiger partial charge in [-0.1, -0.05) is 52.5 Å². The molecule has 220 valence electrons. The van der Waals surface area contributed by atoms with Crippen molar-refractivity contribution in [2.75, 3.05) is 11.3 Å². The van der Waals surface area contributed by atoms with E-state index in [-0.39, 0.29) is 17.2 Å². The third kappa shape index (κ3) is 7.52. The number of rotatable bonds is 15. The van der Waals surface area contributed by atoms with E-state index in [4.69, 9.17) is 14.8 Å². The predicted octanol–water partition coefficient (Wildman–Crippen LogP) is 5.98. The number of hydrogen-bond donors (Lipinski definition) is 2. The molecule has 0 bridgehead atoms. The van der Waals surface area contributed by atoms with Crippen LogP contribution < -0.4 is 15.0 Å². The lowest BCUT2D eigenvalue weighted by molar-refractivity contribution is 0.318. The SMILES string of the molecule is CCCCCCC(CC)c1nc(C)c2c(=O)[nH]c(-c3cc(CS(=O)(=O)Nc4ccncc4)ccc3OCCC)nn12. The van der Waals surface area contributed by atoms with Crippen molar-refractivity contribution < 1.29 is 13.2 Å². The Labute approximate surface area is 241 Å². The first kappa shape index (κ1) is 30.2. The van der Waals surface area contributed by atoms with Crippen LogP contribution in [0.25, 0.3) is 16.9 Å². The number of benzene rings is 1. The second kappa shape index (κ2) is 13.8. The molecule has 0 saturated carbocycles. The number of nitrogens with one attached hydrogen (secondary N) is 2. The fourth-order valence-corrected chi connectivity index (χ4v) is 6.14. The second-order valence-corrected chi connectivity index (χ2v) is 12.1. The number of aryl methyl sites for hydroxylation is 1. The molecule has 0 aliphatic heterocycles. The summed E-state index contributed by atoms with van der Waals surface area (Å²) in [5.41, 5.74) is 2.23. The van der Waals surface area contributed by atoms with Crippen molar-refractivity contribution in [3.63, 3.8) is 0 Å². The van der Waals surface area contributed by atoms with Crippen molar-refractivity contribution in [3.05, 3.63) is 70.2 Å². The van der Waals surface area contributed by atoms with E-state index in [2.05, 4.69) is 28.5 Å². The van der Waals surface area contributed by atoms with E-state index < -0.39 is 10.0 Å². The molecule has 0 amide bonds. The summed E-state index contributed by atoms with van der Waals surface area (Å²) in [5.74, 6) is 1.49. The molecular weight excluding hydrogens is 540 g/mol. The standard InChI is InChI=1S/C30H40N6O4S/c1-5-8-9-10-11-23(7-3)29-32-21(4)27-30(37)33-28(34-36(27)29)25-19-22(12-13-26(25)40-18-6-2)20-41(38,39)35-24-14-16-31-17-15-24/h12-17,19,23H,5-11,18,20H2,1-4H3,(H,31,35)(H,33,34,37). The van der Waals surface area contributed by atoms with Crippen molar-refractivity contribution in [1.82, 2.24) is 24.6 Å². The van der Waals surface area contributed by atoms with Crippen molar-refractivity contribution in [1.29, 1.82) is 0 Å². The van der Waals surface area contributed by atoms with Crippen LogP contribution in [0.3, 0.4) is 0 Å². The maximum atomic E-state index is 13.4. The summed E-state index contributed by atoms with van der Waals surface area (Å²) in [7, 11) is -3.72. The van der Waals surface area contributed by atoms with E-state index in [0.29, 0.717) is 46.2 Å². The summed E-state index contributed by atoms with van der Waals surface area (Å²) in [6, 6.07) is 8.34. The Bertz CT molecular complexity index is 1620. The van der Waals surface area contributed by atoms with Crippen molar-refractivity contribution in [2.45, 2.75) is 84.3 Å². The van der Waals surface area contributed by atoms with Gasteiger partial charge in [0.15, 0.2) is 11.3 Å². The smallest absolute Gasteiger partial charge is 0.277 e. The Balaban J connectivity index is 1.74. The highest BCUT2D eigenvalue weighted by Crippen LogP contribution is 2.31. The van der Waals surface area contributed by atoms with Gasteiger partial charge in [-0.3, -0.25) is 14.5 Å². The van der Waals surface area contributed by atoms with E-state index >= 15 is 0 Å². The molecule has 41 heavy (non-hydrogen) atoms. The van der Waals surface area contributed by atoms with Gasteiger partial charge in [-0.15, -0.1) is 5.10 Å². The highest BCUT2D eigenvalue weighted by Gasteiger charge is 2.22. The van der Waals surface area contributed by atoms with E-state index in [1.54, 1.807) is 34.8 Å². The summed E-state index contributed by atoms with van der Waals surface area (Å²) < 4.78 is 36.1. The van der Waals surface area contributed by atoms with Crippen LogP contribution >= 0.6 is 0 Å². The van der Waals surface area contributed by atoms with Crippen LogP contribution in [0, 0.1) is 6.92 Å². The monoisotopic (exact) mass is 580 g/mol. The highest BCUT2D eigenvalue weighted by molar-refractivity contribution is 7.91. The molecule has 0 spiro atoms. The topological polar surface area (TPSA) is 131 Å². The lowest BCUT2D eigenvalue weighted by atomic mass is 9.97. The number of hydrogen-bond acceptors (Lipinski definition) is 7. The predicted molar refractivity (Wildman–Crippen MR) is 162 cm³/mol. The summed E-state index contributed by atoms with van der Waals surface area (Å²) >= 11 is 0. The first-order chi connectivity index (χ1) is 19.8. The molecule has 4 aromatic rings. The zero-order chi connectivity index (χ0) is 29.4. The number of sulfonamides is 1. The summed E-state index contributed by atoms with van der Waals surface area (Å²) in [4.78, 5) is 25.0. The Hall–Kier alpha value is -3.73. The van der Waals surface area contributed by atoms with Crippen molar-refractivity contribution in [3.8, 4) is 17.1 Å². The van der Waals surface area contributed by atoms with Gasteiger partial charge in [0.25, 0.3) is 5.56 Å². The van der Waals surface area contributed by atoms with Crippen LogP contribution in [-0.4, -0.2) is 39.6 Å². The molecule has 10 nitrogen and oxygen atoms in total. The first-order valence-corrected chi connectivity index (χ1v) is 16.1. The molecule has 3 heterocycles. The quantitative estimate of drug-likeness (QED) is 0.165. The van der Waals surface area contributed by atoms with Crippen LogP contribution in [0.1, 0.15) is 88.7 Å². The molecule has 1 unspecified atom stereocenters. The number of ether oxygens (including phenoxy) is 1. The molecular formula is C30H40N6O4S. The molecule has 0 radical (unpaired) electrons. The first-order valence-electron chi connectivity index (χ1n) is 14.4. The molecule has 0 fully saturated rings. The average molecular weight is 581 g/mol. The number of nitrogens with zero attached hydrogens (tertiary/aromatic N) is 4. The van der Waals surface area contributed by atoms with Gasteiger partial charge in [0.2, 0.25) is 10.0 Å². The summed E-state index contributed by atoms with van der Waals surface area (Å²) in [5, 5.41) is 4.86. The second-order valence-electron chi connectivity index (χ2n) is 10.3. The van der Waals surface area contributed by atoms with Gasteiger partial charge in [0.1, 0.15) is 11.6 Å². The van der Waals surface area contributed by atoms with Gasteiger partial charge in [0, 0.05) is 18.3 Å². The Morgan fingerprint density at radius 2 is 1.83 bits per heavy atom. The van der Waals surface area contributed by atoms with Crippen LogP contribution in [0.2, 0.25) is 0 Å². The normalized spacial score (nSPS) is 12.5. The largest absolute Gasteiger partial charge is 0.493 e. The van der Waals surface area contributed by atoms with Gasteiger partial charge >= 0.3 is 0 Å². The van der Waals surface area contributed by atoms with Gasteiger partial charge < -0.3 is 9.72 Å². The van der Waals surface area contributed by atoms with E-state index in [1.807, 2.05) is 13.8 Å². The van der Waals surface area contributed by atoms with E-state index in [1.165, 1.54) is 31.7 Å². The third-order valence-corrected chi connectivity index (χ3v) is 8.30. The Morgan fingerprint density at radius 1 is 1.05 bits per heavy atom. The Morgan fingerprint density at radius 3 is 2.54 bits per heavy atom. The maximum absolute atomic E-state index is 13.4. The van der Waals surface area contributed by atoms with Gasteiger partial charge in [-0.05, 0) is 56.0 Å². The average Bonchev–Trinajstić information content (AvgIpc) is 3.28. The number of pyridine rings is 1. The summed E-state index contributed by atoms with van der Waals surface area (Å²) in [6.45, 7) is 8.63. The highest BCUT2D eigenvalue weighted by atomic mass is 32.2. The van der Waals surface area contributed by atoms with E-state index in [0.717, 1.165) is 31.5 Å². The molecule has 0 saturated heterocycles. The Kier molecular flexibility index (Phi) is 10.1. The minimum atomic E-state index is -3.72. The zero-order valence-electron chi connectivity index (χ0n) is 24.3. The molecule has 0 aliphatic rings. The lowest BCUT2D eigenvalue weighted by Gasteiger charge is -2.15. The molecule has 1 aromatic carbocycles. The van der Waals surface area contributed by atoms with E-state index in [9.17, 15) is 13.2 Å². The number of H-pyrrole nitrogens is 1. The van der Waals surface area contributed by atoms with Crippen LogP contribution in [-0.2, 0) is 15.8 Å². The fourth-order valence-electron chi connectivity index (χ4n) is 4.96. The van der Waals surface area contributed by atoms with Crippen LogP contribution in [0.4, 0.5) is 5.69 Å². The minimum Gasteiger partial charge on any atom is -0.493 e. The maximum Gasteiger partial charge on any atom is 0.277 e. The zero-order valence-corrected chi connectivity index (χ0v) is 25.1. The third-order valence-electron chi connectivity index (χ3n) is 7.04. The number of fused-ring (bicyclic) bond motifs is 1. The van der Waals surface area contributed by atoms with Gasteiger partial charge in [0.05, 0.1) is 29.3 Å². The molecule has 3 aromatic heterocycles. The molecule has 11 heteroatoms. The van der Waals surface area contributed by atoms with Crippen LogP contribution in [0.5, 0.6) is 5.75 Å². The van der Waals surface area contributed by atoms with Gasteiger partial charge in [-0.2, -0.15) is 0 Å². The van der Waals surface area contributed by atoms with Gasteiger partial charge in [-0.25, -0.2) is 17.9 Å². The molecule has 4 rings (SSSR count). The number of aromatic amines is 1. The number of imidazole rings is 1. The number of anilines is 1. The number of aromatic nitrogens is 5.